The van der Waals surface area contributed by atoms with Crippen LogP contribution >= 0.6 is 11.6 Å². The molecule has 0 aliphatic carbocycles. The van der Waals surface area contributed by atoms with E-state index in [0.29, 0.717) is 22.8 Å². The van der Waals surface area contributed by atoms with Crippen LogP contribution in [0.1, 0.15) is 33.2 Å². The number of anilines is 1. The monoisotopic (exact) mass is 380 g/mol. The first kappa shape index (κ1) is 18.6. The molecule has 27 heavy (non-hydrogen) atoms. The molecule has 1 aromatic heterocycles. The van der Waals surface area contributed by atoms with Crippen LogP contribution in [0.2, 0.25) is 5.02 Å². The van der Waals surface area contributed by atoms with Gasteiger partial charge >= 0.3 is 0 Å². The van der Waals surface area contributed by atoms with Gasteiger partial charge in [-0.05, 0) is 48.9 Å². The van der Waals surface area contributed by atoms with E-state index >= 15 is 0 Å². The van der Waals surface area contributed by atoms with E-state index in [-0.39, 0.29) is 11.3 Å². The second-order valence-corrected chi connectivity index (χ2v) is 6.51. The highest BCUT2D eigenvalue weighted by Gasteiger charge is 2.13. The first-order chi connectivity index (χ1) is 12.9. The quantitative estimate of drug-likeness (QED) is 0.680. The molecule has 5 nitrogen and oxygen atoms in total. The fraction of sp³-hybridized carbons (Fsp3) is 0.0952. The molecule has 0 spiro atoms. The van der Waals surface area contributed by atoms with Gasteiger partial charge in [0.25, 0.3) is 11.5 Å². The van der Waals surface area contributed by atoms with Crippen LogP contribution < -0.4 is 10.9 Å². The van der Waals surface area contributed by atoms with Crippen molar-refractivity contribution in [3.8, 4) is 0 Å². The Kier molecular flexibility index (Phi) is 5.52. The number of carbonyl (C=O) groups is 2. The number of rotatable bonds is 5. The molecule has 0 aliphatic heterocycles. The smallest absolute Gasteiger partial charge is 0.263 e. The second kappa shape index (κ2) is 8.01. The second-order valence-electron chi connectivity index (χ2n) is 6.07. The van der Waals surface area contributed by atoms with Crippen LogP contribution in [-0.2, 0) is 6.54 Å². The van der Waals surface area contributed by atoms with Gasteiger partial charge in [0, 0.05) is 22.5 Å². The number of hydrogen-bond donors (Lipinski definition) is 1. The number of pyridine rings is 1. The van der Waals surface area contributed by atoms with Gasteiger partial charge < -0.3 is 9.88 Å². The van der Waals surface area contributed by atoms with Crippen molar-refractivity contribution in [2.45, 2.75) is 13.5 Å². The van der Waals surface area contributed by atoms with Gasteiger partial charge in [-0.1, -0.05) is 35.9 Å². The Morgan fingerprint density at radius 2 is 1.78 bits per heavy atom. The van der Waals surface area contributed by atoms with Gasteiger partial charge in [-0.15, -0.1) is 0 Å². The number of hydrogen-bond acceptors (Lipinski definition) is 3. The number of carbonyl (C=O) groups excluding carboxylic acids is 2. The number of halogens is 1. The third-order valence-electron chi connectivity index (χ3n) is 4.06. The molecule has 3 rings (SSSR count). The number of aromatic nitrogens is 1. The molecule has 0 bridgehead atoms. The number of amides is 1. The zero-order valence-corrected chi connectivity index (χ0v) is 15.4. The summed E-state index contributed by atoms with van der Waals surface area (Å²) in [5.41, 5.74) is 1.47. The molecule has 0 atom stereocenters. The topological polar surface area (TPSA) is 68.2 Å². The van der Waals surface area contributed by atoms with E-state index in [1.807, 2.05) is 12.1 Å². The molecule has 3 aromatic rings. The normalized spacial score (nSPS) is 10.4. The van der Waals surface area contributed by atoms with E-state index in [1.54, 1.807) is 48.7 Å². The van der Waals surface area contributed by atoms with Crippen molar-refractivity contribution in [3.63, 3.8) is 0 Å². The highest BCUT2D eigenvalue weighted by Crippen LogP contribution is 2.13. The number of Topliss-reactive ketones (excluding diaryl/α,β-unsaturated/α-hetero) is 1. The number of nitrogens with one attached hydrogen (secondary N) is 1. The Bertz CT molecular complexity index is 1060. The van der Waals surface area contributed by atoms with E-state index in [9.17, 15) is 14.4 Å². The minimum atomic E-state index is -0.522. The average Bonchev–Trinajstić information content (AvgIpc) is 2.65. The van der Waals surface area contributed by atoms with Crippen molar-refractivity contribution < 1.29 is 9.59 Å². The van der Waals surface area contributed by atoms with Crippen LogP contribution in [0.4, 0.5) is 5.69 Å². The van der Waals surface area contributed by atoms with E-state index < -0.39 is 11.5 Å². The zero-order chi connectivity index (χ0) is 19.4. The molecule has 0 unspecified atom stereocenters. The van der Waals surface area contributed by atoms with E-state index in [2.05, 4.69) is 5.32 Å². The van der Waals surface area contributed by atoms with Gasteiger partial charge in [0.1, 0.15) is 5.56 Å². The Morgan fingerprint density at radius 3 is 2.48 bits per heavy atom. The maximum Gasteiger partial charge on any atom is 0.263 e. The van der Waals surface area contributed by atoms with Gasteiger partial charge in [0.15, 0.2) is 5.78 Å². The van der Waals surface area contributed by atoms with Crippen molar-refractivity contribution in [2.75, 3.05) is 5.32 Å². The van der Waals surface area contributed by atoms with E-state index in [0.717, 1.165) is 5.56 Å². The van der Waals surface area contributed by atoms with Crippen LogP contribution in [-0.4, -0.2) is 16.3 Å². The minimum Gasteiger partial charge on any atom is -0.322 e. The van der Waals surface area contributed by atoms with E-state index in [4.69, 9.17) is 11.6 Å². The summed E-state index contributed by atoms with van der Waals surface area (Å²) in [6.07, 6.45) is 1.63. The van der Waals surface area contributed by atoms with Crippen molar-refractivity contribution >= 4 is 29.0 Å². The fourth-order valence-corrected chi connectivity index (χ4v) is 2.76. The average molecular weight is 381 g/mol. The molecule has 0 radical (unpaired) electrons. The largest absolute Gasteiger partial charge is 0.322 e. The summed E-state index contributed by atoms with van der Waals surface area (Å²) < 4.78 is 1.46. The molecule has 0 saturated heterocycles. The molecule has 1 heterocycles. The molecule has 0 aliphatic rings. The summed E-state index contributed by atoms with van der Waals surface area (Å²) in [6, 6.07) is 16.9. The number of ketones is 1. The lowest BCUT2D eigenvalue weighted by Crippen LogP contribution is -2.29. The Balaban J connectivity index is 1.83. The van der Waals surface area contributed by atoms with Gasteiger partial charge in [0.05, 0.1) is 6.54 Å². The lowest BCUT2D eigenvalue weighted by molar-refractivity contribution is 0.101. The highest BCUT2D eigenvalue weighted by atomic mass is 35.5. The Labute approximate surface area is 161 Å². The van der Waals surface area contributed by atoms with E-state index in [1.165, 1.54) is 17.6 Å². The number of benzene rings is 2. The SMILES string of the molecule is CC(=O)c1cccc(NC(=O)c2cccn(Cc3ccc(Cl)cc3)c2=O)c1. The molecule has 0 saturated carbocycles. The molecular formula is C21H17ClN2O3. The summed E-state index contributed by atoms with van der Waals surface area (Å²) >= 11 is 5.88. The van der Waals surface area contributed by atoms with Gasteiger partial charge in [-0.25, -0.2) is 0 Å². The van der Waals surface area contributed by atoms with Crippen molar-refractivity contribution in [1.82, 2.24) is 4.57 Å². The third-order valence-corrected chi connectivity index (χ3v) is 4.31. The third kappa shape index (κ3) is 4.51. The minimum absolute atomic E-state index is 0.0275. The van der Waals surface area contributed by atoms with Crippen molar-refractivity contribution in [2.24, 2.45) is 0 Å². The Morgan fingerprint density at radius 1 is 1.04 bits per heavy atom. The van der Waals surface area contributed by atoms with Gasteiger partial charge in [0.2, 0.25) is 0 Å². The fourth-order valence-electron chi connectivity index (χ4n) is 2.64. The van der Waals surface area contributed by atoms with Gasteiger partial charge in [-0.3, -0.25) is 14.4 Å². The van der Waals surface area contributed by atoms with Crippen molar-refractivity contribution in [1.29, 1.82) is 0 Å². The van der Waals surface area contributed by atoms with Gasteiger partial charge in [-0.2, -0.15) is 0 Å². The first-order valence-electron chi connectivity index (χ1n) is 8.30. The molecular weight excluding hydrogens is 364 g/mol. The van der Waals surface area contributed by atoms with Crippen LogP contribution in [0.25, 0.3) is 0 Å². The summed E-state index contributed by atoms with van der Waals surface area (Å²) in [5, 5.41) is 3.29. The lowest BCUT2D eigenvalue weighted by atomic mass is 10.1. The standard InChI is InChI=1S/C21H17ClN2O3/c1-14(25)16-4-2-5-18(12-16)23-20(26)19-6-3-11-24(21(19)27)13-15-7-9-17(22)10-8-15/h2-12H,13H2,1H3,(H,23,26). The van der Waals surface area contributed by atoms with Crippen LogP contribution in [0.5, 0.6) is 0 Å². The maximum atomic E-state index is 12.7. The molecule has 136 valence electrons. The molecule has 0 fully saturated rings. The summed E-state index contributed by atoms with van der Waals surface area (Å²) in [5.74, 6) is -0.623. The van der Waals surface area contributed by atoms with Crippen LogP contribution in [0.15, 0.2) is 71.7 Å². The molecule has 6 heteroatoms. The summed E-state index contributed by atoms with van der Waals surface area (Å²) in [6.45, 7) is 1.78. The molecule has 1 amide bonds. The zero-order valence-electron chi connectivity index (χ0n) is 14.6. The lowest BCUT2D eigenvalue weighted by Gasteiger charge is -2.09. The number of nitrogens with zero attached hydrogens (tertiary/aromatic N) is 1. The summed E-state index contributed by atoms with van der Waals surface area (Å²) in [7, 11) is 0. The summed E-state index contributed by atoms with van der Waals surface area (Å²) in [4.78, 5) is 36.7. The maximum absolute atomic E-state index is 12.7. The highest BCUT2D eigenvalue weighted by molar-refractivity contribution is 6.30. The predicted octanol–water partition coefficient (Wildman–Crippen LogP) is 4.00. The molecule has 2 aromatic carbocycles. The first-order valence-corrected chi connectivity index (χ1v) is 8.68. The Hall–Kier alpha value is -3.18. The predicted molar refractivity (Wildman–Crippen MR) is 106 cm³/mol. The van der Waals surface area contributed by atoms with Crippen LogP contribution in [0.3, 0.4) is 0 Å². The van der Waals surface area contributed by atoms with Crippen LogP contribution in [0, 0.1) is 0 Å². The van der Waals surface area contributed by atoms with Crippen molar-refractivity contribution in [3.05, 3.63) is 98.9 Å². The molecule has 1 N–H and O–H groups in total.